The van der Waals surface area contributed by atoms with Gasteiger partial charge in [-0.05, 0) is 27.7 Å². The van der Waals surface area contributed by atoms with Gasteiger partial charge in [0.15, 0.2) is 5.96 Å². The lowest BCUT2D eigenvalue weighted by Gasteiger charge is -2.19. The summed E-state index contributed by atoms with van der Waals surface area (Å²) in [5, 5.41) is 12.1. The molecule has 0 bridgehead atoms. The normalized spacial score (nSPS) is 11.4. The molecule has 0 atom stereocenters. The van der Waals surface area contributed by atoms with Crippen molar-refractivity contribution < 1.29 is 9.53 Å². The third-order valence-electron chi connectivity index (χ3n) is 3.42. The van der Waals surface area contributed by atoms with E-state index in [2.05, 4.69) is 25.9 Å². The van der Waals surface area contributed by atoms with E-state index in [4.69, 9.17) is 4.74 Å². The predicted molar refractivity (Wildman–Crippen MR) is 130 cm³/mol. The SMILES string of the molecule is CCNC(=NCc1nc(-c2ccccc2)cs1)NCCNC(=O)OC(C)(C)C.I. The van der Waals surface area contributed by atoms with Crippen molar-refractivity contribution in [3.05, 3.63) is 40.7 Å². The fraction of sp³-hybridized carbons (Fsp3) is 0.450. The Labute approximate surface area is 193 Å². The highest BCUT2D eigenvalue weighted by molar-refractivity contribution is 14.0. The van der Waals surface area contributed by atoms with Gasteiger partial charge in [-0.2, -0.15) is 0 Å². The second-order valence-corrected chi connectivity index (χ2v) is 7.99. The average molecular weight is 531 g/mol. The van der Waals surface area contributed by atoms with Gasteiger partial charge in [0.05, 0.1) is 12.2 Å². The van der Waals surface area contributed by atoms with Crippen molar-refractivity contribution in [1.29, 1.82) is 0 Å². The Hall–Kier alpha value is -1.88. The second kappa shape index (κ2) is 12.6. The molecule has 2 rings (SSSR count). The number of thiazole rings is 1. The number of hydrogen-bond acceptors (Lipinski definition) is 5. The first-order chi connectivity index (χ1) is 13.4. The molecule has 0 aliphatic rings. The van der Waals surface area contributed by atoms with Crippen LogP contribution in [-0.4, -0.2) is 42.3 Å². The van der Waals surface area contributed by atoms with Crippen LogP contribution in [0, 0.1) is 0 Å². The van der Waals surface area contributed by atoms with Crippen LogP contribution in [0.25, 0.3) is 11.3 Å². The highest BCUT2D eigenvalue weighted by atomic mass is 127. The van der Waals surface area contributed by atoms with Crippen LogP contribution in [0.2, 0.25) is 0 Å². The van der Waals surface area contributed by atoms with E-state index in [0.717, 1.165) is 22.8 Å². The average Bonchev–Trinajstić information content (AvgIpc) is 3.11. The maximum Gasteiger partial charge on any atom is 0.407 e. The first-order valence-electron chi connectivity index (χ1n) is 9.36. The molecule has 0 radical (unpaired) electrons. The third kappa shape index (κ3) is 9.93. The number of benzene rings is 1. The fourth-order valence-corrected chi connectivity index (χ4v) is 3.00. The molecule has 3 N–H and O–H groups in total. The molecular weight excluding hydrogens is 501 g/mol. The quantitative estimate of drug-likeness (QED) is 0.218. The van der Waals surface area contributed by atoms with Crippen LogP contribution in [0.4, 0.5) is 4.79 Å². The van der Waals surface area contributed by atoms with E-state index in [1.54, 1.807) is 11.3 Å². The monoisotopic (exact) mass is 531 g/mol. The number of halogens is 1. The van der Waals surface area contributed by atoms with Gasteiger partial charge in [0.25, 0.3) is 0 Å². The number of guanidine groups is 1. The molecular formula is C20H30IN5O2S. The zero-order chi connectivity index (χ0) is 20.4. The van der Waals surface area contributed by atoms with Gasteiger partial charge < -0.3 is 20.7 Å². The molecule has 2 aromatic rings. The zero-order valence-corrected chi connectivity index (χ0v) is 20.5. The first-order valence-corrected chi connectivity index (χ1v) is 10.2. The molecule has 0 spiro atoms. The highest BCUT2D eigenvalue weighted by Gasteiger charge is 2.15. The summed E-state index contributed by atoms with van der Waals surface area (Å²) in [4.78, 5) is 20.9. The van der Waals surface area contributed by atoms with Crippen LogP contribution < -0.4 is 16.0 Å². The number of alkyl carbamates (subject to hydrolysis) is 1. The van der Waals surface area contributed by atoms with E-state index >= 15 is 0 Å². The summed E-state index contributed by atoms with van der Waals surface area (Å²) in [5.74, 6) is 0.685. The largest absolute Gasteiger partial charge is 0.444 e. The number of amides is 1. The Bertz CT molecular complexity index is 775. The molecule has 0 saturated carbocycles. The van der Waals surface area contributed by atoms with Crippen LogP contribution in [0.3, 0.4) is 0 Å². The van der Waals surface area contributed by atoms with Crippen molar-refractivity contribution in [3.63, 3.8) is 0 Å². The van der Waals surface area contributed by atoms with Crippen LogP contribution in [0.15, 0.2) is 40.7 Å². The Morgan fingerprint density at radius 1 is 1.14 bits per heavy atom. The summed E-state index contributed by atoms with van der Waals surface area (Å²) >= 11 is 1.59. The number of aliphatic imine (C=N–C) groups is 1. The van der Waals surface area contributed by atoms with Crippen molar-refractivity contribution in [2.24, 2.45) is 4.99 Å². The zero-order valence-electron chi connectivity index (χ0n) is 17.3. The van der Waals surface area contributed by atoms with Crippen LogP contribution >= 0.6 is 35.3 Å². The van der Waals surface area contributed by atoms with Crippen molar-refractivity contribution in [2.75, 3.05) is 19.6 Å². The summed E-state index contributed by atoms with van der Waals surface area (Å²) in [6.45, 7) is 9.73. The smallest absolute Gasteiger partial charge is 0.407 e. The first kappa shape index (κ1) is 25.2. The number of carbonyl (C=O) groups excluding carboxylic acids is 1. The van der Waals surface area contributed by atoms with E-state index in [0.29, 0.717) is 25.6 Å². The molecule has 0 unspecified atom stereocenters. The van der Waals surface area contributed by atoms with Gasteiger partial charge in [-0.3, -0.25) is 0 Å². The van der Waals surface area contributed by atoms with Gasteiger partial charge >= 0.3 is 6.09 Å². The van der Waals surface area contributed by atoms with Gasteiger partial charge in [-0.1, -0.05) is 30.3 Å². The van der Waals surface area contributed by atoms with Gasteiger partial charge in [0.2, 0.25) is 0 Å². The van der Waals surface area contributed by atoms with Crippen molar-refractivity contribution >= 4 is 47.4 Å². The molecule has 9 heteroatoms. The van der Waals surface area contributed by atoms with E-state index in [-0.39, 0.29) is 24.0 Å². The van der Waals surface area contributed by atoms with Gasteiger partial charge in [0.1, 0.15) is 10.6 Å². The summed E-state index contributed by atoms with van der Waals surface area (Å²) < 4.78 is 5.21. The Morgan fingerprint density at radius 2 is 1.83 bits per heavy atom. The molecule has 1 heterocycles. The number of nitrogens with zero attached hydrogens (tertiary/aromatic N) is 2. The van der Waals surface area contributed by atoms with Gasteiger partial charge in [0, 0.05) is 30.6 Å². The fourth-order valence-electron chi connectivity index (χ4n) is 2.27. The molecule has 1 amide bonds. The molecule has 29 heavy (non-hydrogen) atoms. The van der Waals surface area contributed by atoms with Gasteiger partial charge in [-0.25, -0.2) is 14.8 Å². The highest BCUT2D eigenvalue weighted by Crippen LogP contribution is 2.21. The molecule has 7 nitrogen and oxygen atoms in total. The molecule has 1 aromatic carbocycles. The summed E-state index contributed by atoms with van der Waals surface area (Å²) in [6.07, 6.45) is -0.424. The van der Waals surface area contributed by atoms with Crippen LogP contribution in [0.1, 0.15) is 32.7 Å². The summed E-state index contributed by atoms with van der Waals surface area (Å²) in [5.41, 5.74) is 1.57. The molecule has 160 valence electrons. The van der Waals surface area contributed by atoms with E-state index < -0.39 is 11.7 Å². The maximum atomic E-state index is 11.6. The molecule has 0 saturated heterocycles. The number of rotatable bonds is 7. The standard InChI is InChI=1S/C20H29N5O2S.HI/c1-5-21-18(22-11-12-23-19(26)27-20(2,3)4)24-13-17-25-16(14-28-17)15-9-7-6-8-10-15;/h6-10,14H,5,11-13H2,1-4H3,(H,23,26)(H2,21,22,24);1H. The lowest BCUT2D eigenvalue weighted by molar-refractivity contribution is 0.0529. The Balaban J connectivity index is 0.00000420. The number of nitrogens with one attached hydrogen (secondary N) is 3. The Kier molecular flexibility index (Phi) is 11.0. The molecule has 0 aliphatic heterocycles. The summed E-state index contributed by atoms with van der Waals surface area (Å²) in [6, 6.07) is 10.1. The predicted octanol–water partition coefficient (Wildman–Crippen LogP) is 4.01. The number of hydrogen-bond donors (Lipinski definition) is 3. The van der Waals surface area contributed by atoms with Crippen LogP contribution in [0.5, 0.6) is 0 Å². The maximum absolute atomic E-state index is 11.6. The molecule has 0 aliphatic carbocycles. The van der Waals surface area contributed by atoms with Crippen molar-refractivity contribution in [1.82, 2.24) is 20.9 Å². The lowest BCUT2D eigenvalue weighted by atomic mass is 10.2. The minimum Gasteiger partial charge on any atom is -0.444 e. The number of ether oxygens (including phenoxy) is 1. The Morgan fingerprint density at radius 3 is 2.48 bits per heavy atom. The minimum atomic E-state index is -0.500. The lowest BCUT2D eigenvalue weighted by Crippen LogP contribution is -2.42. The number of carbonyl (C=O) groups is 1. The van der Waals surface area contributed by atoms with Crippen molar-refractivity contribution in [3.8, 4) is 11.3 Å². The topological polar surface area (TPSA) is 87.6 Å². The molecule has 1 aromatic heterocycles. The minimum absolute atomic E-state index is 0. The summed E-state index contributed by atoms with van der Waals surface area (Å²) in [7, 11) is 0. The van der Waals surface area contributed by atoms with E-state index in [9.17, 15) is 4.79 Å². The van der Waals surface area contributed by atoms with E-state index in [1.807, 2.05) is 63.4 Å². The van der Waals surface area contributed by atoms with Crippen LogP contribution in [-0.2, 0) is 11.3 Å². The van der Waals surface area contributed by atoms with E-state index in [1.165, 1.54) is 0 Å². The third-order valence-corrected chi connectivity index (χ3v) is 4.26. The van der Waals surface area contributed by atoms with Gasteiger partial charge in [-0.15, -0.1) is 35.3 Å². The number of aromatic nitrogens is 1. The van der Waals surface area contributed by atoms with Crippen molar-refractivity contribution in [2.45, 2.75) is 39.8 Å². The molecule has 0 fully saturated rings. The second-order valence-electron chi connectivity index (χ2n) is 7.04.